The predicted molar refractivity (Wildman–Crippen MR) is 96.3 cm³/mol. The van der Waals surface area contributed by atoms with Gasteiger partial charge < -0.3 is 21.2 Å². The largest absolute Gasteiger partial charge is 0.345 e. The van der Waals surface area contributed by atoms with Crippen molar-refractivity contribution in [2.45, 2.75) is 84.8 Å². The summed E-state index contributed by atoms with van der Waals surface area (Å²) >= 11 is 0. The molecule has 0 saturated heterocycles. The predicted octanol–water partition coefficient (Wildman–Crippen LogP) is 1.76. The number of aldehydes is 1. The fourth-order valence-corrected chi connectivity index (χ4v) is 2.48. The maximum absolute atomic E-state index is 12.5. The van der Waals surface area contributed by atoms with Gasteiger partial charge in [-0.15, -0.1) is 0 Å². The van der Waals surface area contributed by atoms with Gasteiger partial charge in [-0.05, 0) is 31.1 Å². The number of nitrogens with two attached hydrogens (primary N) is 1. The minimum absolute atomic E-state index is 0.229. The molecular formula is C18H35N3O3. The number of amides is 2. The summed E-state index contributed by atoms with van der Waals surface area (Å²) in [6.45, 7) is 9.98. The molecule has 0 aromatic rings. The number of unbranched alkanes of at least 4 members (excludes halogenated alkanes) is 1. The van der Waals surface area contributed by atoms with E-state index < -0.39 is 18.1 Å². The van der Waals surface area contributed by atoms with E-state index in [1.54, 1.807) is 0 Å². The van der Waals surface area contributed by atoms with Crippen LogP contribution in [0.2, 0.25) is 0 Å². The summed E-state index contributed by atoms with van der Waals surface area (Å²) in [7, 11) is 0. The molecule has 0 saturated carbocycles. The van der Waals surface area contributed by atoms with Gasteiger partial charge in [-0.1, -0.05) is 47.5 Å². The molecule has 0 bridgehead atoms. The van der Waals surface area contributed by atoms with Crippen LogP contribution in [0.15, 0.2) is 0 Å². The highest BCUT2D eigenvalue weighted by atomic mass is 16.2. The highest BCUT2D eigenvalue weighted by molar-refractivity contribution is 5.90. The van der Waals surface area contributed by atoms with Crippen LogP contribution in [0.3, 0.4) is 0 Å². The van der Waals surface area contributed by atoms with Gasteiger partial charge in [0.25, 0.3) is 0 Å². The molecule has 0 rings (SSSR count). The molecule has 0 aromatic carbocycles. The standard InChI is InChI=1S/C18H35N3O3/c1-6-7-8-14(11-22)20-18(24)16(10-13(4)5)21-17(23)15(19)9-12(2)3/h11-16H,6-10,19H2,1-5H3,(H,20,24)(H,21,23)/t14-,15-,16-/m0/s1. The molecule has 0 radical (unpaired) electrons. The van der Waals surface area contributed by atoms with Gasteiger partial charge in [-0.2, -0.15) is 0 Å². The quantitative estimate of drug-likeness (QED) is 0.471. The van der Waals surface area contributed by atoms with Crippen molar-refractivity contribution in [2.75, 3.05) is 0 Å². The van der Waals surface area contributed by atoms with Gasteiger partial charge in [-0.25, -0.2) is 0 Å². The van der Waals surface area contributed by atoms with E-state index in [2.05, 4.69) is 10.6 Å². The van der Waals surface area contributed by atoms with E-state index in [9.17, 15) is 14.4 Å². The number of hydrogen-bond donors (Lipinski definition) is 3. The zero-order chi connectivity index (χ0) is 18.7. The molecule has 0 aliphatic carbocycles. The molecule has 24 heavy (non-hydrogen) atoms. The Bertz CT molecular complexity index is 397. The molecule has 6 heteroatoms. The van der Waals surface area contributed by atoms with E-state index in [1.165, 1.54) is 0 Å². The van der Waals surface area contributed by atoms with Gasteiger partial charge in [-0.3, -0.25) is 9.59 Å². The Balaban J connectivity index is 4.82. The summed E-state index contributed by atoms with van der Waals surface area (Å²) in [5, 5.41) is 5.48. The van der Waals surface area contributed by atoms with Gasteiger partial charge in [0, 0.05) is 0 Å². The lowest BCUT2D eigenvalue weighted by Crippen LogP contribution is -2.54. The van der Waals surface area contributed by atoms with E-state index in [0.29, 0.717) is 25.2 Å². The van der Waals surface area contributed by atoms with Crippen LogP contribution >= 0.6 is 0 Å². The van der Waals surface area contributed by atoms with Crippen LogP contribution in [0, 0.1) is 11.8 Å². The third-order valence-corrected chi connectivity index (χ3v) is 3.76. The number of nitrogens with one attached hydrogen (secondary N) is 2. The normalized spacial score (nSPS) is 15.0. The van der Waals surface area contributed by atoms with Crippen LogP contribution in [-0.2, 0) is 14.4 Å². The molecule has 140 valence electrons. The maximum atomic E-state index is 12.5. The second-order valence-corrected chi connectivity index (χ2v) is 7.32. The van der Waals surface area contributed by atoms with Crippen LogP contribution in [0.5, 0.6) is 0 Å². The minimum atomic E-state index is -0.667. The van der Waals surface area contributed by atoms with Crippen LogP contribution in [0.1, 0.15) is 66.7 Å². The smallest absolute Gasteiger partial charge is 0.243 e. The Morgan fingerprint density at radius 2 is 1.58 bits per heavy atom. The zero-order valence-electron chi connectivity index (χ0n) is 15.8. The summed E-state index contributed by atoms with van der Waals surface area (Å²) in [6, 6.07) is -1.80. The minimum Gasteiger partial charge on any atom is -0.345 e. The van der Waals surface area contributed by atoms with Crippen LogP contribution in [0.25, 0.3) is 0 Å². The number of carbonyl (C=O) groups is 3. The lowest BCUT2D eigenvalue weighted by Gasteiger charge is -2.24. The lowest BCUT2D eigenvalue weighted by atomic mass is 10.00. The Hall–Kier alpha value is -1.43. The van der Waals surface area contributed by atoms with Crippen LogP contribution < -0.4 is 16.4 Å². The lowest BCUT2D eigenvalue weighted by molar-refractivity contribution is -0.131. The first-order valence-corrected chi connectivity index (χ1v) is 9.02. The van der Waals surface area contributed by atoms with Crippen molar-refractivity contribution >= 4 is 18.1 Å². The van der Waals surface area contributed by atoms with Crippen molar-refractivity contribution in [3.63, 3.8) is 0 Å². The average Bonchev–Trinajstić information content (AvgIpc) is 2.49. The summed E-state index contributed by atoms with van der Waals surface area (Å²) in [5.41, 5.74) is 5.89. The summed E-state index contributed by atoms with van der Waals surface area (Å²) in [6.07, 6.45) is 4.26. The third kappa shape index (κ3) is 9.65. The second kappa shape index (κ2) is 12.0. The van der Waals surface area contributed by atoms with Crippen LogP contribution in [-0.4, -0.2) is 36.2 Å². The number of hydrogen-bond acceptors (Lipinski definition) is 4. The van der Waals surface area contributed by atoms with E-state index >= 15 is 0 Å². The van der Waals surface area contributed by atoms with Crippen LogP contribution in [0.4, 0.5) is 0 Å². The monoisotopic (exact) mass is 341 g/mol. The molecule has 3 atom stereocenters. The number of rotatable bonds is 12. The van der Waals surface area contributed by atoms with Crippen molar-refractivity contribution in [1.82, 2.24) is 10.6 Å². The molecule has 6 nitrogen and oxygen atoms in total. The van der Waals surface area contributed by atoms with Gasteiger partial charge in [0.05, 0.1) is 12.1 Å². The summed E-state index contributed by atoms with van der Waals surface area (Å²) in [4.78, 5) is 35.8. The fourth-order valence-electron chi connectivity index (χ4n) is 2.48. The first-order chi connectivity index (χ1) is 11.2. The molecule has 0 fully saturated rings. The average molecular weight is 341 g/mol. The second-order valence-electron chi connectivity index (χ2n) is 7.32. The van der Waals surface area contributed by atoms with Crippen molar-refractivity contribution in [3.05, 3.63) is 0 Å². The van der Waals surface area contributed by atoms with Gasteiger partial charge >= 0.3 is 0 Å². The summed E-state index contributed by atoms with van der Waals surface area (Å²) in [5.74, 6) is -0.105. The molecule has 0 aromatic heterocycles. The van der Waals surface area contributed by atoms with Crippen molar-refractivity contribution in [3.8, 4) is 0 Å². The Morgan fingerprint density at radius 1 is 1.00 bits per heavy atom. The zero-order valence-corrected chi connectivity index (χ0v) is 15.8. The fraction of sp³-hybridized carbons (Fsp3) is 0.833. The Labute approximate surface area is 146 Å². The molecule has 0 aliphatic rings. The molecule has 0 aliphatic heterocycles. The number of carbonyl (C=O) groups excluding carboxylic acids is 3. The topological polar surface area (TPSA) is 101 Å². The van der Waals surface area contributed by atoms with E-state index in [-0.39, 0.29) is 17.7 Å². The highest BCUT2D eigenvalue weighted by Gasteiger charge is 2.26. The van der Waals surface area contributed by atoms with E-state index in [1.807, 2.05) is 34.6 Å². The van der Waals surface area contributed by atoms with Gasteiger partial charge in [0.1, 0.15) is 12.3 Å². The first kappa shape index (κ1) is 22.6. The molecule has 4 N–H and O–H groups in total. The van der Waals surface area contributed by atoms with Gasteiger partial charge in [0.15, 0.2) is 0 Å². The van der Waals surface area contributed by atoms with Crippen molar-refractivity contribution < 1.29 is 14.4 Å². The molecule has 0 unspecified atom stereocenters. The maximum Gasteiger partial charge on any atom is 0.243 e. The van der Waals surface area contributed by atoms with Gasteiger partial charge in [0.2, 0.25) is 11.8 Å². The molecule has 0 spiro atoms. The van der Waals surface area contributed by atoms with Crippen molar-refractivity contribution in [1.29, 1.82) is 0 Å². The van der Waals surface area contributed by atoms with E-state index in [4.69, 9.17) is 5.73 Å². The first-order valence-electron chi connectivity index (χ1n) is 9.02. The van der Waals surface area contributed by atoms with E-state index in [0.717, 1.165) is 19.1 Å². The highest BCUT2D eigenvalue weighted by Crippen LogP contribution is 2.08. The third-order valence-electron chi connectivity index (χ3n) is 3.76. The molecule has 0 heterocycles. The Morgan fingerprint density at radius 3 is 2.04 bits per heavy atom. The molecule has 2 amide bonds. The SMILES string of the molecule is CCCC[C@@H](C=O)NC(=O)[C@H](CC(C)C)NC(=O)[C@@H](N)CC(C)C. The Kier molecular flexibility index (Phi) is 11.3. The van der Waals surface area contributed by atoms with Crippen molar-refractivity contribution in [2.24, 2.45) is 17.6 Å². The summed E-state index contributed by atoms with van der Waals surface area (Å²) < 4.78 is 0. The molecular weight excluding hydrogens is 306 g/mol.